The van der Waals surface area contributed by atoms with Gasteiger partial charge in [0.25, 0.3) is 0 Å². The highest BCUT2D eigenvalue weighted by Crippen LogP contribution is 2.38. The molecule has 0 spiro atoms. The molecule has 3 nitrogen and oxygen atoms in total. The molecule has 1 heterocycles. The van der Waals surface area contributed by atoms with E-state index in [1.165, 1.54) is 58.3 Å². The number of esters is 1. The number of hydrogen-bond donors (Lipinski definition) is 0. The lowest BCUT2D eigenvalue weighted by Crippen LogP contribution is -2.36. The van der Waals surface area contributed by atoms with E-state index in [1.54, 1.807) is 0 Å². The van der Waals surface area contributed by atoms with Gasteiger partial charge in [-0.1, -0.05) is 86.5 Å². The first-order valence-corrected chi connectivity index (χ1v) is 13.7. The number of carbonyl (C=O) groups excluding carboxylic acids is 1. The quantitative estimate of drug-likeness (QED) is 0.217. The maximum Gasteiger partial charge on any atom is 0.308 e. The summed E-state index contributed by atoms with van der Waals surface area (Å²) in [6, 6.07) is 5.73. The second kappa shape index (κ2) is 15.4. The summed E-state index contributed by atoms with van der Waals surface area (Å²) in [7, 11) is 0. The van der Waals surface area contributed by atoms with Gasteiger partial charge in [0.15, 0.2) is 0 Å². The fourth-order valence-corrected chi connectivity index (χ4v) is 4.77. The molecule has 0 aromatic heterocycles. The molecule has 3 atom stereocenters. The lowest BCUT2D eigenvalue weighted by molar-refractivity contribution is -0.131. The van der Waals surface area contributed by atoms with Gasteiger partial charge in [-0.15, -0.1) is 0 Å². The molecule has 1 aliphatic rings. The zero-order valence-corrected chi connectivity index (χ0v) is 23.0. The highest BCUT2D eigenvalue weighted by molar-refractivity contribution is 5.69. The Kier molecular flexibility index (Phi) is 13.8. The van der Waals surface area contributed by atoms with Crippen LogP contribution >= 0.6 is 0 Å². The fourth-order valence-electron chi connectivity index (χ4n) is 4.77. The highest BCUT2D eigenvalue weighted by atomic mass is 16.5. The van der Waals surface area contributed by atoms with Crippen LogP contribution in [0.1, 0.15) is 125 Å². The zero-order chi connectivity index (χ0) is 24.9. The summed E-state index contributed by atoms with van der Waals surface area (Å²) in [5, 5.41) is 0. The molecule has 0 saturated carbocycles. The second-order valence-electron chi connectivity index (χ2n) is 10.8. The average Bonchev–Trinajstić information content (AvgIpc) is 2.74. The van der Waals surface area contributed by atoms with E-state index in [0.717, 1.165) is 48.3 Å². The Hall–Kier alpha value is -1.51. The van der Waals surface area contributed by atoms with Gasteiger partial charge in [0, 0.05) is 6.92 Å². The standard InChI is InChI=1S/C28H46O3.C2H6/c1-21(2)10-7-11-22(3)12-8-13-23(4)14-9-18-28(6)19-17-25-20-26(30-24(5)29)15-16-27(25)31-28;1-2/h15-16,20-23H,7-14,17-19H2,1-6H3;1-2H3/t22?,23?,28-;/m1./s1. The van der Waals surface area contributed by atoms with E-state index in [0.29, 0.717) is 5.75 Å². The predicted molar refractivity (Wildman–Crippen MR) is 141 cm³/mol. The van der Waals surface area contributed by atoms with Crippen LogP contribution in [-0.4, -0.2) is 11.6 Å². The number of ether oxygens (including phenoxy) is 2. The summed E-state index contributed by atoms with van der Waals surface area (Å²) in [4.78, 5) is 11.2. The number of carbonyl (C=O) groups is 1. The van der Waals surface area contributed by atoms with Crippen LogP contribution in [0.4, 0.5) is 0 Å². The molecule has 0 bridgehead atoms. The Bertz CT molecular complexity index is 681. The first-order valence-electron chi connectivity index (χ1n) is 13.7. The van der Waals surface area contributed by atoms with E-state index < -0.39 is 0 Å². The smallest absolute Gasteiger partial charge is 0.308 e. The van der Waals surface area contributed by atoms with Crippen LogP contribution in [0.2, 0.25) is 0 Å². The van der Waals surface area contributed by atoms with Crippen molar-refractivity contribution in [1.82, 2.24) is 0 Å². The van der Waals surface area contributed by atoms with Crippen molar-refractivity contribution in [2.75, 3.05) is 0 Å². The number of hydrogen-bond acceptors (Lipinski definition) is 3. The van der Waals surface area contributed by atoms with Crippen LogP contribution in [0.25, 0.3) is 0 Å². The van der Waals surface area contributed by atoms with Crippen molar-refractivity contribution in [3.63, 3.8) is 0 Å². The first kappa shape index (κ1) is 29.5. The zero-order valence-electron chi connectivity index (χ0n) is 23.0. The molecular formula is C30H52O3. The third-order valence-electron chi connectivity index (χ3n) is 6.85. The molecule has 1 aromatic carbocycles. The minimum atomic E-state index is -0.281. The molecule has 190 valence electrons. The molecule has 0 aliphatic carbocycles. The minimum Gasteiger partial charge on any atom is -0.487 e. The van der Waals surface area contributed by atoms with Crippen molar-refractivity contribution in [3.05, 3.63) is 23.8 Å². The highest BCUT2D eigenvalue weighted by Gasteiger charge is 2.31. The SMILES string of the molecule is CC.CC(=O)Oc1ccc2c(c1)CC[C@@](C)(CCCC(C)CCCC(C)CCCC(C)C)O2. The largest absolute Gasteiger partial charge is 0.487 e. The normalized spacial score (nSPS) is 19.1. The summed E-state index contributed by atoms with van der Waals surface area (Å²) in [5.74, 6) is 3.80. The number of benzene rings is 1. The monoisotopic (exact) mass is 460 g/mol. The van der Waals surface area contributed by atoms with Crippen molar-refractivity contribution in [1.29, 1.82) is 0 Å². The Morgan fingerprint density at radius 1 is 0.970 bits per heavy atom. The van der Waals surface area contributed by atoms with Crippen molar-refractivity contribution < 1.29 is 14.3 Å². The van der Waals surface area contributed by atoms with E-state index in [4.69, 9.17) is 9.47 Å². The molecule has 2 rings (SSSR count). The topological polar surface area (TPSA) is 35.5 Å². The van der Waals surface area contributed by atoms with Gasteiger partial charge < -0.3 is 9.47 Å². The lowest BCUT2D eigenvalue weighted by atomic mass is 9.86. The van der Waals surface area contributed by atoms with Gasteiger partial charge in [0.05, 0.1) is 0 Å². The van der Waals surface area contributed by atoms with E-state index in [2.05, 4.69) is 34.6 Å². The van der Waals surface area contributed by atoms with Gasteiger partial charge in [-0.3, -0.25) is 4.79 Å². The fraction of sp³-hybridized carbons (Fsp3) is 0.767. The second-order valence-corrected chi connectivity index (χ2v) is 10.8. The third-order valence-corrected chi connectivity index (χ3v) is 6.85. The summed E-state index contributed by atoms with van der Waals surface area (Å²) in [5.41, 5.74) is 1.06. The van der Waals surface area contributed by atoms with Crippen LogP contribution in [0, 0.1) is 17.8 Å². The molecule has 2 unspecified atom stereocenters. The molecule has 1 aromatic rings. The van der Waals surface area contributed by atoms with E-state index >= 15 is 0 Å². The summed E-state index contributed by atoms with van der Waals surface area (Å²) in [6.07, 6.45) is 13.9. The Balaban J connectivity index is 0.00000265. The molecule has 0 saturated heterocycles. The summed E-state index contributed by atoms with van der Waals surface area (Å²) >= 11 is 0. The van der Waals surface area contributed by atoms with Gasteiger partial charge in [-0.05, 0) is 74.1 Å². The molecule has 0 N–H and O–H groups in total. The van der Waals surface area contributed by atoms with Crippen LogP contribution < -0.4 is 9.47 Å². The predicted octanol–water partition coefficient (Wildman–Crippen LogP) is 9.16. The van der Waals surface area contributed by atoms with E-state index in [-0.39, 0.29) is 11.6 Å². The maximum absolute atomic E-state index is 11.2. The van der Waals surface area contributed by atoms with Crippen LogP contribution in [-0.2, 0) is 11.2 Å². The van der Waals surface area contributed by atoms with Crippen LogP contribution in [0.3, 0.4) is 0 Å². The summed E-state index contributed by atoms with van der Waals surface area (Å²) < 4.78 is 11.6. The van der Waals surface area contributed by atoms with Gasteiger partial charge in [0.2, 0.25) is 0 Å². The van der Waals surface area contributed by atoms with Gasteiger partial charge in [-0.25, -0.2) is 0 Å². The summed E-state index contributed by atoms with van der Waals surface area (Å²) in [6.45, 7) is 17.2. The molecule has 3 heteroatoms. The van der Waals surface area contributed by atoms with Crippen molar-refractivity contribution in [2.24, 2.45) is 17.8 Å². The molecular weight excluding hydrogens is 408 g/mol. The van der Waals surface area contributed by atoms with E-state index in [1.807, 2.05) is 32.0 Å². The van der Waals surface area contributed by atoms with Gasteiger partial charge in [0.1, 0.15) is 17.1 Å². The van der Waals surface area contributed by atoms with Crippen molar-refractivity contribution >= 4 is 5.97 Å². The Morgan fingerprint density at radius 2 is 1.55 bits per heavy atom. The number of rotatable bonds is 13. The van der Waals surface area contributed by atoms with Gasteiger partial charge >= 0.3 is 5.97 Å². The van der Waals surface area contributed by atoms with Crippen LogP contribution in [0.5, 0.6) is 11.5 Å². The molecule has 0 amide bonds. The number of aryl methyl sites for hydroxylation is 1. The Morgan fingerprint density at radius 3 is 2.12 bits per heavy atom. The molecule has 0 fully saturated rings. The number of fused-ring (bicyclic) bond motifs is 1. The lowest BCUT2D eigenvalue weighted by Gasteiger charge is -2.36. The molecule has 1 aliphatic heterocycles. The van der Waals surface area contributed by atoms with Crippen molar-refractivity contribution in [3.8, 4) is 11.5 Å². The van der Waals surface area contributed by atoms with E-state index in [9.17, 15) is 4.79 Å². The first-order chi connectivity index (χ1) is 15.7. The van der Waals surface area contributed by atoms with Crippen molar-refractivity contribution in [2.45, 2.75) is 132 Å². The third kappa shape index (κ3) is 12.0. The van der Waals surface area contributed by atoms with Crippen LogP contribution in [0.15, 0.2) is 18.2 Å². The molecule has 33 heavy (non-hydrogen) atoms. The van der Waals surface area contributed by atoms with Gasteiger partial charge in [-0.2, -0.15) is 0 Å². The Labute approximate surface area is 205 Å². The minimum absolute atomic E-state index is 0.0827. The molecule has 0 radical (unpaired) electrons. The maximum atomic E-state index is 11.2. The average molecular weight is 461 g/mol.